The van der Waals surface area contributed by atoms with Crippen molar-refractivity contribution >= 4 is 48.7 Å². The maximum atomic E-state index is 15.4. The average molecular weight is 960 g/mol. The minimum Gasteiger partial charge on any atom is -0.207 e. The third kappa shape index (κ3) is 7.65. The maximum absolute atomic E-state index is 15.4. The van der Waals surface area contributed by atoms with Crippen LogP contribution < -0.4 is 21.9 Å². The molecule has 0 radical (unpaired) electrons. The van der Waals surface area contributed by atoms with Crippen LogP contribution in [-0.4, -0.2) is 12.4 Å². The molecule has 0 amide bonds. The minimum absolute atomic E-state index is 0.585. The maximum Gasteiger partial charge on any atom is 0.200 e. The van der Waals surface area contributed by atoms with Crippen LogP contribution in [0.4, 0.5) is 87.8 Å². The largest absolute Gasteiger partial charge is 0.207 e. The Labute approximate surface area is 351 Å². The lowest BCUT2D eigenvalue weighted by molar-refractivity contribution is 0.378. The molecule has 7 aromatic rings. The van der Waals surface area contributed by atoms with E-state index in [4.69, 9.17) is 0 Å². The van der Waals surface area contributed by atoms with Gasteiger partial charge in [-0.2, -0.15) is 0 Å². The molecule has 65 heavy (non-hydrogen) atoms. The van der Waals surface area contributed by atoms with Gasteiger partial charge in [0.25, 0.3) is 0 Å². The molecular weight excluding hydrogens is 943 g/mol. The van der Waals surface area contributed by atoms with Crippen molar-refractivity contribution in [3.63, 3.8) is 0 Å². The van der Waals surface area contributed by atoms with Crippen molar-refractivity contribution < 1.29 is 92.0 Å². The molecular formula is C42H17BF20OS. The minimum atomic E-state index is -7.22. The fourth-order valence-corrected chi connectivity index (χ4v) is 9.03. The zero-order valence-corrected chi connectivity index (χ0v) is 32.4. The third-order valence-electron chi connectivity index (χ3n) is 10.2. The van der Waals surface area contributed by atoms with Gasteiger partial charge in [0.2, 0.25) is 0 Å². The molecule has 1 atom stereocenters. The van der Waals surface area contributed by atoms with Gasteiger partial charge in [0.1, 0.15) is 74.6 Å². The second-order valence-electron chi connectivity index (χ2n) is 13.9. The summed E-state index contributed by atoms with van der Waals surface area (Å²) in [5, 5.41) is 2.42. The summed E-state index contributed by atoms with van der Waals surface area (Å²) in [6, 6.07) is 24.3. The lowest BCUT2D eigenvalue weighted by Gasteiger charge is -2.44. The predicted octanol–water partition coefficient (Wildman–Crippen LogP) is 10.4. The summed E-state index contributed by atoms with van der Waals surface area (Å²) in [5.74, 6) is -70.8. The predicted molar refractivity (Wildman–Crippen MR) is 196 cm³/mol. The first kappa shape index (κ1) is 48.1. The summed E-state index contributed by atoms with van der Waals surface area (Å²) in [4.78, 5) is 0.924. The summed E-state index contributed by atoms with van der Waals surface area (Å²) in [6.45, 7) is 0. The van der Waals surface area contributed by atoms with Crippen molar-refractivity contribution in [2.45, 2.75) is 10.6 Å². The SMILES string of the molecule is C[S+](=O)(Cc1ccc2ccccc2c1)c1ccccc1.Fc1c(F)c(F)c([B-](c2c(F)c(F)c(F)c(F)c2F)(c2c(F)c(F)c(F)c(F)c2F)c2c(F)c(F)c(F)c(F)c2F)c(F)c1F. The number of hydrogen-bond acceptors (Lipinski definition) is 1. The van der Waals surface area contributed by atoms with Crippen LogP contribution in [0.1, 0.15) is 5.56 Å². The Kier molecular flexibility index (Phi) is 13.0. The Hall–Kier alpha value is -6.39. The van der Waals surface area contributed by atoms with Crippen LogP contribution in [-0.2, 0) is 19.9 Å². The molecule has 23 heteroatoms. The van der Waals surface area contributed by atoms with Crippen LogP contribution in [0.3, 0.4) is 0 Å². The van der Waals surface area contributed by atoms with Crippen LogP contribution in [0.2, 0.25) is 0 Å². The Morgan fingerprint density at radius 1 is 0.338 bits per heavy atom. The number of rotatable bonds is 7. The van der Waals surface area contributed by atoms with Crippen LogP contribution in [0.15, 0.2) is 77.7 Å². The van der Waals surface area contributed by atoms with E-state index in [1.165, 1.54) is 10.8 Å². The number of fused-ring (bicyclic) bond motifs is 1. The summed E-state index contributed by atoms with van der Waals surface area (Å²) < 4.78 is 307. The van der Waals surface area contributed by atoms with E-state index in [1.54, 1.807) is 0 Å². The van der Waals surface area contributed by atoms with Gasteiger partial charge in [-0.1, -0.05) is 58.8 Å². The molecule has 0 saturated carbocycles. The Morgan fingerprint density at radius 2 is 0.600 bits per heavy atom. The first-order chi connectivity index (χ1) is 30.4. The molecule has 1 nitrogen and oxygen atoms in total. The number of benzene rings is 7. The topological polar surface area (TPSA) is 17.1 Å². The first-order valence-electron chi connectivity index (χ1n) is 17.6. The lowest BCUT2D eigenvalue weighted by atomic mass is 9.12. The molecule has 0 saturated heterocycles. The average Bonchev–Trinajstić information content (AvgIpc) is 3.29. The fraction of sp³-hybridized carbons (Fsp3) is 0.0476. The zero-order chi connectivity index (χ0) is 48.4. The first-order valence-corrected chi connectivity index (χ1v) is 19.7. The monoisotopic (exact) mass is 960 g/mol. The van der Waals surface area contributed by atoms with E-state index in [2.05, 4.69) is 30.3 Å². The smallest absolute Gasteiger partial charge is 0.200 e. The highest BCUT2D eigenvalue weighted by atomic mass is 32.2. The highest BCUT2D eigenvalue weighted by Crippen LogP contribution is 2.31. The van der Waals surface area contributed by atoms with E-state index < -0.39 is 154 Å². The fourth-order valence-electron chi connectivity index (χ4n) is 7.31. The summed E-state index contributed by atoms with van der Waals surface area (Å²) >= 11 is 0. The van der Waals surface area contributed by atoms with Crippen LogP contribution in [0, 0.1) is 116 Å². The summed E-state index contributed by atoms with van der Waals surface area (Å²) in [5.41, 5.74) is -13.2. The molecule has 0 spiro atoms. The Balaban J connectivity index is 0.000000289. The van der Waals surface area contributed by atoms with Crippen LogP contribution >= 0.6 is 0 Å². The molecule has 0 aliphatic heterocycles. The van der Waals surface area contributed by atoms with Crippen molar-refractivity contribution in [3.8, 4) is 0 Å². The van der Waals surface area contributed by atoms with Gasteiger partial charge in [0.05, 0.1) is 0 Å². The Bertz CT molecular complexity index is 2740. The van der Waals surface area contributed by atoms with Crippen molar-refractivity contribution in [2.24, 2.45) is 0 Å². The van der Waals surface area contributed by atoms with Gasteiger partial charge in [-0.15, -0.1) is 21.9 Å². The molecule has 0 bridgehead atoms. The molecule has 0 aliphatic rings. The van der Waals surface area contributed by atoms with Gasteiger partial charge in [0.15, 0.2) is 74.7 Å². The second-order valence-corrected chi connectivity index (χ2v) is 16.7. The van der Waals surface area contributed by atoms with Crippen molar-refractivity contribution in [3.05, 3.63) is 195 Å². The normalized spacial score (nSPS) is 12.6. The standard InChI is InChI=1S/C24BF20.C18H17OS/c26-5-1(6(27)14(35)21(42)13(5)34)25(2-7(28)15(36)22(43)16(37)8(2)29,3-9(30)17(38)23(44)18(39)10(3)31)4-11(32)19(40)24(45)20(41)12(4)33;1-20(19,18-9-3-2-4-10-18)14-15-11-12-16-7-5-6-8-17(16)13-15/h;2-13H,14H2,1H3/q-1;+1. The summed E-state index contributed by atoms with van der Waals surface area (Å²) in [6.07, 6.45) is -5.37. The van der Waals surface area contributed by atoms with Crippen molar-refractivity contribution in [1.29, 1.82) is 0 Å². The van der Waals surface area contributed by atoms with E-state index in [0.29, 0.717) is 5.75 Å². The van der Waals surface area contributed by atoms with Gasteiger partial charge in [0, 0.05) is 5.56 Å². The van der Waals surface area contributed by atoms with Gasteiger partial charge in [-0.3, -0.25) is 0 Å². The highest BCUT2D eigenvalue weighted by molar-refractivity contribution is 8.01. The van der Waals surface area contributed by atoms with Gasteiger partial charge >= 0.3 is 0 Å². The molecule has 340 valence electrons. The molecule has 0 N–H and O–H groups in total. The molecule has 0 aromatic heterocycles. The molecule has 0 heterocycles. The number of hydrogen-bond donors (Lipinski definition) is 0. The molecule has 0 aliphatic carbocycles. The van der Waals surface area contributed by atoms with E-state index in [0.717, 1.165) is 10.5 Å². The van der Waals surface area contributed by atoms with E-state index in [9.17, 15) is 56.9 Å². The van der Waals surface area contributed by atoms with E-state index in [-0.39, 0.29) is 0 Å². The molecule has 7 aromatic carbocycles. The molecule has 1 unspecified atom stereocenters. The zero-order valence-electron chi connectivity index (χ0n) is 31.6. The number of halogens is 20. The van der Waals surface area contributed by atoms with E-state index in [1.807, 2.05) is 48.7 Å². The van der Waals surface area contributed by atoms with Gasteiger partial charge < -0.3 is 0 Å². The van der Waals surface area contributed by atoms with Crippen LogP contribution in [0.5, 0.6) is 0 Å². The second kappa shape index (κ2) is 17.5. The quantitative estimate of drug-likeness (QED) is 0.0512. The van der Waals surface area contributed by atoms with E-state index >= 15 is 35.1 Å². The molecule has 7 rings (SSSR count). The highest BCUT2D eigenvalue weighted by Gasteiger charge is 2.52. The summed E-state index contributed by atoms with van der Waals surface area (Å²) in [7, 11) is -2.03. The van der Waals surface area contributed by atoms with Gasteiger partial charge in [-0.25, -0.2) is 87.8 Å². The molecule has 0 fully saturated rings. The van der Waals surface area contributed by atoms with Crippen LogP contribution in [0.25, 0.3) is 10.8 Å². The Morgan fingerprint density at radius 3 is 0.908 bits per heavy atom. The van der Waals surface area contributed by atoms with Crippen molar-refractivity contribution in [2.75, 3.05) is 6.26 Å². The van der Waals surface area contributed by atoms with Crippen molar-refractivity contribution in [1.82, 2.24) is 0 Å². The third-order valence-corrected chi connectivity index (χ3v) is 12.4. The lowest BCUT2D eigenvalue weighted by Crippen LogP contribution is -2.81. The van der Waals surface area contributed by atoms with Gasteiger partial charge in [-0.05, 0) is 29.0 Å².